The maximum absolute atomic E-state index is 7.79. The SMILES string of the molecule is [Cl][Pt+2][Cl].[N-]=[N+]=NC(C[NH-])C[NH-]. The van der Waals surface area contributed by atoms with E-state index in [9.17, 15) is 0 Å². The van der Waals surface area contributed by atoms with Gasteiger partial charge in [-0.25, -0.2) is 0 Å². The van der Waals surface area contributed by atoms with Gasteiger partial charge in [0, 0.05) is 4.91 Å². The molecular weight excluding hydrogens is 372 g/mol. The Morgan fingerprint density at radius 2 is 1.82 bits per heavy atom. The number of azide groups is 1. The molecule has 0 aromatic rings. The van der Waals surface area contributed by atoms with Crippen molar-refractivity contribution in [1.29, 1.82) is 0 Å². The summed E-state index contributed by atoms with van der Waals surface area (Å²) in [6.07, 6.45) is 0. The summed E-state index contributed by atoms with van der Waals surface area (Å²) in [5.41, 5.74) is 21.1. The van der Waals surface area contributed by atoms with Gasteiger partial charge in [-0.05, 0) is 11.6 Å². The summed E-state index contributed by atoms with van der Waals surface area (Å²) in [6.45, 7) is 0.0150. The van der Waals surface area contributed by atoms with Crippen LogP contribution >= 0.6 is 18.8 Å². The Balaban J connectivity index is 0. The van der Waals surface area contributed by atoms with Crippen molar-refractivity contribution < 1.29 is 16.5 Å². The molecule has 68 valence electrons. The van der Waals surface area contributed by atoms with E-state index in [1.165, 1.54) is 0 Å². The number of hydrogen-bond donors (Lipinski definition) is 0. The second-order valence-electron chi connectivity index (χ2n) is 1.31. The van der Waals surface area contributed by atoms with Crippen LogP contribution < -0.4 is 0 Å². The standard InChI is InChI=1S/C3H7N5.2ClH.Pt/c4-1-3(2-5)7-8-6;;;/h3-5H,1-2H2;2*1H;/q-2;;;+4/p-2. The molecule has 0 fully saturated rings. The Hall–Kier alpha value is 0.498. The molecule has 2 N–H and O–H groups in total. The zero-order valence-corrected chi connectivity index (χ0v) is 9.19. The molecule has 0 saturated heterocycles. The third-order valence-electron chi connectivity index (χ3n) is 0.686. The quantitative estimate of drug-likeness (QED) is 0.409. The molecule has 5 nitrogen and oxygen atoms in total. The Morgan fingerprint density at radius 3 is 1.91 bits per heavy atom. The first kappa shape index (κ1) is 14.0. The van der Waals surface area contributed by atoms with Gasteiger partial charge in [0.15, 0.2) is 0 Å². The zero-order chi connectivity index (χ0) is 9.11. The largest absolute Gasteiger partial charge is 0.677 e. The Kier molecular flexibility index (Phi) is 16.7. The van der Waals surface area contributed by atoms with E-state index in [1.807, 2.05) is 0 Å². The molecule has 0 bridgehead atoms. The van der Waals surface area contributed by atoms with Crippen LogP contribution in [-0.4, -0.2) is 19.1 Å². The number of nitrogens with one attached hydrogen (secondary N) is 2. The summed E-state index contributed by atoms with van der Waals surface area (Å²) in [7, 11) is 9.75. The maximum Gasteiger partial charge on any atom is 0.00110 e. The normalized spacial score (nSPS) is 8.45. The summed E-state index contributed by atoms with van der Waals surface area (Å²) >= 11 is -0.472. The average molecular weight is 379 g/mol. The van der Waals surface area contributed by atoms with Crippen molar-refractivity contribution in [2.75, 3.05) is 13.1 Å². The predicted octanol–water partition coefficient (Wildman–Crippen LogP) is 3.15. The van der Waals surface area contributed by atoms with E-state index < -0.39 is 22.5 Å². The van der Waals surface area contributed by atoms with Gasteiger partial charge in [-0.1, -0.05) is 5.11 Å². The molecule has 0 spiro atoms. The number of halogens is 2. The molecule has 0 amide bonds. The molecule has 0 saturated carbocycles. The fourth-order valence-corrected chi connectivity index (χ4v) is 0.227. The molecule has 11 heavy (non-hydrogen) atoms. The van der Waals surface area contributed by atoms with Gasteiger partial charge in [0.05, 0.1) is 0 Å². The second kappa shape index (κ2) is 13.1. The molecule has 0 unspecified atom stereocenters. The Labute approximate surface area is 81.4 Å². The smallest absolute Gasteiger partial charge is 0.00110 e. The molecule has 0 atom stereocenters. The van der Waals surface area contributed by atoms with Crippen molar-refractivity contribution in [3.8, 4) is 0 Å². The first-order valence-electron chi connectivity index (χ1n) is 2.42. The van der Waals surface area contributed by atoms with E-state index in [0.717, 1.165) is 0 Å². The van der Waals surface area contributed by atoms with Crippen LogP contribution in [0.5, 0.6) is 0 Å². The third-order valence-corrected chi connectivity index (χ3v) is 0.686. The Bertz CT molecular complexity index is 112. The molecular formula is C3H7Cl2N5Pt. The zero-order valence-electron chi connectivity index (χ0n) is 5.41. The van der Waals surface area contributed by atoms with Crippen LogP contribution in [0.3, 0.4) is 0 Å². The van der Waals surface area contributed by atoms with Crippen molar-refractivity contribution >= 4 is 18.8 Å². The molecule has 0 aliphatic heterocycles. The molecule has 0 aromatic carbocycles. The minimum atomic E-state index is -0.472. The van der Waals surface area contributed by atoms with Crippen LogP contribution in [0.25, 0.3) is 21.9 Å². The summed E-state index contributed by atoms with van der Waals surface area (Å²) < 4.78 is 0. The summed E-state index contributed by atoms with van der Waals surface area (Å²) in [5.74, 6) is 0. The van der Waals surface area contributed by atoms with Crippen molar-refractivity contribution in [2.24, 2.45) is 5.11 Å². The molecule has 0 radical (unpaired) electrons. The van der Waals surface area contributed by atoms with Crippen LogP contribution in [0.1, 0.15) is 0 Å². The van der Waals surface area contributed by atoms with E-state index >= 15 is 0 Å². The second-order valence-corrected chi connectivity index (χ2v) is 4.59. The fraction of sp³-hybridized carbons (Fsp3) is 1.00. The van der Waals surface area contributed by atoms with Gasteiger partial charge in [0.1, 0.15) is 0 Å². The third kappa shape index (κ3) is 13.5. The van der Waals surface area contributed by atoms with Crippen molar-refractivity contribution in [3.05, 3.63) is 21.9 Å². The summed E-state index contributed by atoms with van der Waals surface area (Å²) in [5, 5.41) is 3.17. The van der Waals surface area contributed by atoms with Crippen LogP contribution in [0.2, 0.25) is 0 Å². The van der Waals surface area contributed by atoms with E-state index in [1.54, 1.807) is 0 Å². The summed E-state index contributed by atoms with van der Waals surface area (Å²) in [4.78, 5) is 2.46. The van der Waals surface area contributed by atoms with Gasteiger partial charge in [-0.2, -0.15) is 0 Å². The van der Waals surface area contributed by atoms with Crippen LogP contribution in [0, 0.1) is 0 Å². The molecule has 0 aliphatic carbocycles. The van der Waals surface area contributed by atoms with Gasteiger partial charge in [-0.15, -0.1) is 13.1 Å². The topological polar surface area (TPSA) is 96.4 Å². The first-order valence-corrected chi connectivity index (χ1v) is 8.05. The van der Waals surface area contributed by atoms with Gasteiger partial charge >= 0.3 is 35.3 Å². The first-order chi connectivity index (χ1) is 5.26. The predicted molar refractivity (Wildman–Crippen MR) is 43.0 cm³/mol. The van der Waals surface area contributed by atoms with Crippen LogP contribution in [0.15, 0.2) is 5.11 Å². The molecule has 0 rings (SSSR count). The van der Waals surface area contributed by atoms with Crippen molar-refractivity contribution in [2.45, 2.75) is 6.04 Å². The fourth-order valence-electron chi connectivity index (χ4n) is 0.227. The van der Waals surface area contributed by atoms with E-state index in [-0.39, 0.29) is 13.1 Å². The van der Waals surface area contributed by atoms with Gasteiger partial charge in [0.2, 0.25) is 0 Å². The monoisotopic (exact) mass is 378 g/mol. The number of nitrogens with zero attached hydrogens (tertiary/aromatic N) is 3. The molecule has 0 heterocycles. The summed E-state index contributed by atoms with van der Waals surface area (Å²) in [6, 6.07) is -0.458. The maximum atomic E-state index is 7.79. The minimum Gasteiger partial charge on any atom is -0.677 e. The van der Waals surface area contributed by atoms with Crippen LogP contribution in [0.4, 0.5) is 0 Å². The van der Waals surface area contributed by atoms with E-state index in [0.29, 0.717) is 0 Å². The molecule has 8 heteroatoms. The van der Waals surface area contributed by atoms with Gasteiger partial charge < -0.3 is 11.5 Å². The van der Waals surface area contributed by atoms with Crippen molar-refractivity contribution in [1.82, 2.24) is 0 Å². The Morgan fingerprint density at radius 1 is 1.45 bits per heavy atom. The van der Waals surface area contributed by atoms with E-state index in [4.69, 9.17) is 35.8 Å². The van der Waals surface area contributed by atoms with E-state index in [2.05, 4.69) is 10.0 Å². The average Bonchev–Trinajstić information content (AvgIpc) is 2.02. The number of hydrogen-bond acceptors (Lipinski definition) is 1. The molecule has 0 aromatic heterocycles. The van der Waals surface area contributed by atoms with Crippen LogP contribution in [-0.2, 0) is 16.5 Å². The van der Waals surface area contributed by atoms with Gasteiger partial charge in [-0.3, -0.25) is 0 Å². The van der Waals surface area contributed by atoms with Crippen molar-refractivity contribution in [3.63, 3.8) is 0 Å². The minimum absolute atomic E-state index is 0.00750. The van der Waals surface area contributed by atoms with Gasteiger partial charge in [0.25, 0.3) is 0 Å². The molecule has 0 aliphatic rings. The number of rotatable bonds is 3.